The van der Waals surface area contributed by atoms with Gasteiger partial charge in [-0.2, -0.15) is 0 Å². The molecule has 3 aliphatic heterocycles. The first-order chi connectivity index (χ1) is 14.1. The minimum atomic E-state index is -0.557. The third kappa shape index (κ3) is 3.16. The molecule has 3 amide bonds. The Morgan fingerprint density at radius 2 is 1.93 bits per heavy atom. The summed E-state index contributed by atoms with van der Waals surface area (Å²) in [5.74, 6) is -0.716. The lowest BCUT2D eigenvalue weighted by Crippen LogP contribution is -2.57. The van der Waals surface area contributed by atoms with Crippen molar-refractivity contribution in [1.29, 1.82) is 0 Å². The number of hydrogen-bond donors (Lipinski definition) is 3. The normalized spacial score (nSPS) is 28.3. The molecule has 1 aliphatic carbocycles. The van der Waals surface area contributed by atoms with E-state index in [9.17, 15) is 14.4 Å². The number of imide groups is 1. The highest BCUT2D eigenvalue weighted by atomic mass is 16.2. The van der Waals surface area contributed by atoms with Gasteiger partial charge in [0.05, 0.1) is 0 Å². The third-order valence-corrected chi connectivity index (χ3v) is 7.49. The molecule has 7 nitrogen and oxygen atoms in total. The summed E-state index contributed by atoms with van der Waals surface area (Å²) in [4.78, 5) is 38.3. The van der Waals surface area contributed by atoms with Crippen LogP contribution in [0, 0.1) is 5.41 Å². The van der Waals surface area contributed by atoms with Gasteiger partial charge in [0.25, 0.3) is 5.91 Å². The van der Waals surface area contributed by atoms with Crippen LogP contribution >= 0.6 is 0 Å². The standard InChI is InChI=1S/C22H28N4O3/c27-19-5-4-17(20(28)25-19)26-13-16-14(2-1-3-15(16)21(26)29)12-24-18-6-7-22(18)8-10-23-11-9-22/h1-3,17-18,23-24H,4-13H2,(H,25,27,28). The van der Waals surface area contributed by atoms with E-state index in [4.69, 9.17) is 0 Å². The quantitative estimate of drug-likeness (QED) is 0.663. The molecule has 2 saturated heterocycles. The molecule has 1 saturated carbocycles. The highest BCUT2D eigenvalue weighted by Gasteiger charge is 2.46. The van der Waals surface area contributed by atoms with E-state index < -0.39 is 6.04 Å². The summed E-state index contributed by atoms with van der Waals surface area (Å²) in [5, 5.41) is 9.59. The van der Waals surface area contributed by atoms with Gasteiger partial charge in [-0.1, -0.05) is 12.1 Å². The number of hydrogen-bond acceptors (Lipinski definition) is 5. The van der Waals surface area contributed by atoms with Crippen molar-refractivity contribution in [3.8, 4) is 0 Å². The Kier molecular flexibility index (Phi) is 4.67. The van der Waals surface area contributed by atoms with Crippen LogP contribution in [0.1, 0.15) is 60.0 Å². The molecule has 7 heteroatoms. The Labute approximate surface area is 170 Å². The van der Waals surface area contributed by atoms with Crippen LogP contribution in [0.2, 0.25) is 0 Å². The maximum atomic E-state index is 13.0. The van der Waals surface area contributed by atoms with Gasteiger partial charge in [0.1, 0.15) is 6.04 Å². The zero-order valence-corrected chi connectivity index (χ0v) is 16.6. The lowest BCUT2D eigenvalue weighted by Gasteiger charge is -2.52. The minimum Gasteiger partial charge on any atom is -0.322 e. The molecule has 29 heavy (non-hydrogen) atoms. The van der Waals surface area contributed by atoms with E-state index in [2.05, 4.69) is 22.0 Å². The smallest absolute Gasteiger partial charge is 0.255 e. The average Bonchev–Trinajstić information content (AvgIpc) is 3.05. The van der Waals surface area contributed by atoms with E-state index in [1.165, 1.54) is 25.7 Å². The minimum absolute atomic E-state index is 0.102. The Morgan fingerprint density at radius 1 is 1.10 bits per heavy atom. The number of nitrogens with one attached hydrogen (secondary N) is 3. The first kappa shape index (κ1) is 18.8. The Hall–Kier alpha value is -2.25. The van der Waals surface area contributed by atoms with Crippen molar-refractivity contribution in [3.63, 3.8) is 0 Å². The molecule has 154 valence electrons. The first-order valence-corrected chi connectivity index (χ1v) is 10.8. The molecule has 1 aromatic carbocycles. The number of carbonyl (C=O) groups excluding carboxylic acids is 3. The van der Waals surface area contributed by atoms with Crippen LogP contribution in [0.25, 0.3) is 0 Å². The Balaban J connectivity index is 1.30. The zero-order valence-electron chi connectivity index (χ0n) is 16.6. The number of nitrogens with zero attached hydrogens (tertiary/aromatic N) is 1. The van der Waals surface area contributed by atoms with Crippen LogP contribution in [-0.2, 0) is 22.7 Å². The number of rotatable bonds is 4. The van der Waals surface area contributed by atoms with Gasteiger partial charge in [-0.25, -0.2) is 0 Å². The molecular formula is C22H28N4O3. The summed E-state index contributed by atoms with van der Waals surface area (Å²) in [5.41, 5.74) is 3.30. The molecule has 4 aliphatic rings. The monoisotopic (exact) mass is 396 g/mol. The second-order valence-electron chi connectivity index (χ2n) is 8.93. The fourth-order valence-electron chi connectivity index (χ4n) is 5.59. The first-order valence-electron chi connectivity index (χ1n) is 10.8. The van der Waals surface area contributed by atoms with Gasteiger partial charge < -0.3 is 15.5 Å². The maximum Gasteiger partial charge on any atom is 0.255 e. The van der Waals surface area contributed by atoms with Gasteiger partial charge in [0.2, 0.25) is 11.8 Å². The van der Waals surface area contributed by atoms with E-state index in [1.807, 2.05) is 12.1 Å². The molecular weight excluding hydrogens is 368 g/mol. The van der Waals surface area contributed by atoms with Gasteiger partial charge in [-0.3, -0.25) is 19.7 Å². The number of amides is 3. The van der Waals surface area contributed by atoms with Crippen molar-refractivity contribution in [2.45, 2.75) is 63.7 Å². The molecule has 2 atom stereocenters. The fraction of sp³-hybridized carbons (Fsp3) is 0.591. The van der Waals surface area contributed by atoms with Crippen molar-refractivity contribution < 1.29 is 14.4 Å². The molecule has 3 heterocycles. The van der Waals surface area contributed by atoms with Crippen LogP contribution in [-0.4, -0.2) is 47.8 Å². The lowest BCUT2D eigenvalue weighted by molar-refractivity contribution is -0.136. The van der Waals surface area contributed by atoms with Gasteiger partial charge in [0, 0.05) is 31.1 Å². The summed E-state index contributed by atoms with van der Waals surface area (Å²) in [6.07, 6.45) is 5.68. The molecule has 1 aromatic rings. The lowest BCUT2D eigenvalue weighted by atomic mass is 9.59. The SMILES string of the molecule is O=C1CCC(N2Cc3c(CNC4CCC45CCNCC5)cccc3C2=O)C(=O)N1. The summed E-state index contributed by atoms with van der Waals surface area (Å²) < 4.78 is 0. The van der Waals surface area contributed by atoms with E-state index >= 15 is 0 Å². The van der Waals surface area contributed by atoms with Crippen LogP contribution < -0.4 is 16.0 Å². The number of benzene rings is 1. The van der Waals surface area contributed by atoms with Crippen LogP contribution in [0.5, 0.6) is 0 Å². The average molecular weight is 396 g/mol. The number of carbonyl (C=O) groups is 3. The largest absolute Gasteiger partial charge is 0.322 e. The second-order valence-corrected chi connectivity index (χ2v) is 8.93. The van der Waals surface area contributed by atoms with Crippen molar-refractivity contribution in [1.82, 2.24) is 20.9 Å². The van der Waals surface area contributed by atoms with Crippen LogP contribution in [0.15, 0.2) is 18.2 Å². The van der Waals surface area contributed by atoms with E-state index in [-0.39, 0.29) is 24.1 Å². The van der Waals surface area contributed by atoms with Gasteiger partial charge in [-0.05, 0) is 67.8 Å². The van der Waals surface area contributed by atoms with Crippen LogP contribution in [0.4, 0.5) is 0 Å². The molecule has 0 radical (unpaired) electrons. The summed E-state index contributed by atoms with van der Waals surface area (Å²) in [7, 11) is 0. The summed E-state index contributed by atoms with van der Waals surface area (Å²) in [6, 6.07) is 5.86. The molecule has 0 bridgehead atoms. The van der Waals surface area contributed by atoms with Crippen molar-refractivity contribution in [2.75, 3.05) is 13.1 Å². The topological polar surface area (TPSA) is 90.5 Å². The van der Waals surface area contributed by atoms with E-state index in [1.54, 1.807) is 4.90 Å². The molecule has 2 unspecified atom stereocenters. The predicted octanol–water partition coefficient (Wildman–Crippen LogP) is 1.07. The van der Waals surface area contributed by atoms with E-state index in [0.717, 1.165) is 30.8 Å². The van der Waals surface area contributed by atoms with E-state index in [0.29, 0.717) is 30.0 Å². The highest BCUT2D eigenvalue weighted by Crippen LogP contribution is 2.48. The molecule has 3 N–H and O–H groups in total. The fourth-order valence-corrected chi connectivity index (χ4v) is 5.59. The third-order valence-electron chi connectivity index (χ3n) is 7.49. The maximum absolute atomic E-state index is 13.0. The molecule has 1 spiro atoms. The molecule has 3 fully saturated rings. The van der Waals surface area contributed by atoms with Gasteiger partial charge in [-0.15, -0.1) is 0 Å². The Bertz CT molecular complexity index is 862. The summed E-state index contributed by atoms with van der Waals surface area (Å²) >= 11 is 0. The van der Waals surface area contributed by atoms with Gasteiger partial charge in [0.15, 0.2) is 0 Å². The van der Waals surface area contributed by atoms with Crippen molar-refractivity contribution in [3.05, 3.63) is 34.9 Å². The zero-order chi connectivity index (χ0) is 20.0. The number of fused-ring (bicyclic) bond motifs is 1. The summed E-state index contributed by atoms with van der Waals surface area (Å²) in [6.45, 7) is 3.40. The molecule has 5 rings (SSSR count). The number of piperidine rings is 2. The van der Waals surface area contributed by atoms with Crippen molar-refractivity contribution in [2.24, 2.45) is 5.41 Å². The van der Waals surface area contributed by atoms with Gasteiger partial charge >= 0.3 is 0 Å². The molecule has 0 aromatic heterocycles. The predicted molar refractivity (Wildman–Crippen MR) is 107 cm³/mol. The van der Waals surface area contributed by atoms with Crippen molar-refractivity contribution >= 4 is 17.7 Å². The second kappa shape index (κ2) is 7.22. The Morgan fingerprint density at radius 3 is 2.66 bits per heavy atom. The van der Waals surface area contributed by atoms with Crippen LogP contribution in [0.3, 0.4) is 0 Å². The highest BCUT2D eigenvalue weighted by molar-refractivity contribution is 6.05.